The Bertz CT molecular complexity index is 512. The van der Waals surface area contributed by atoms with Gasteiger partial charge in [0.25, 0.3) is 0 Å². The first-order valence-corrected chi connectivity index (χ1v) is 5.20. The first-order chi connectivity index (χ1) is 7.54. The number of ketones is 1. The number of carbonyl (C=O) groups is 1. The zero-order valence-corrected chi connectivity index (χ0v) is 9.24. The Labute approximate surface area is 93.9 Å². The second-order valence-corrected chi connectivity index (χ2v) is 4.17. The molecule has 2 rings (SSSR count). The molecule has 0 saturated heterocycles. The van der Waals surface area contributed by atoms with Crippen LogP contribution < -0.4 is 0 Å². The molecule has 3 nitrogen and oxygen atoms in total. The monoisotopic (exact) mass is 215 g/mol. The van der Waals surface area contributed by atoms with Gasteiger partial charge < -0.3 is 10.5 Å². The molecule has 1 aliphatic carbocycles. The van der Waals surface area contributed by atoms with Crippen molar-refractivity contribution in [3.05, 3.63) is 41.0 Å². The number of fused-ring (bicyclic) bond motifs is 1. The third-order valence-corrected chi connectivity index (χ3v) is 2.74. The third kappa shape index (κ3) is 1.36. The normalized spacial score (nSPS) is 14.6. The molecule has 1 aliphatic rings. The number of rotatable bonds is 2. The van der Waals surface area contributed by atoms with Crippen molar-refractivity contribution in [2.75, 3.05) is 0 Å². The van der Waals surface area contributed by atoms with E-state index in [9.17, 15) is 9.90 Å². The predicted molar refractivity (Wildman–Crippen MR) is 62.9 cm³/mol. The molecule has 0 fully saturated rings. The molecular formula is C13H13NO2. The molecule has 82 valence electrons. The Morgan fingerprint density at radius 3 is 2.31 bits per heavy atom. The van der Waals surface area contributed by atoms with Crippen LogP contribution in [-0.4, -0.2) is 16.6 Å². The van der Waals surface area contributed by atoms with Crippen LogP contribution in [0.3, 0.4) is 0 Å². The fourth-order valence-electron chi connectivity index (χ4n) is 1.80. The first-order valence-electron chi connectivity index (χ1n) is 5.20. The van der Waals surface area contributed by atoms with Crippen LogP contribution >= 0.6 is 0 Å². The Hall–Kier alpha value is -1.90. The van der Waals surface area contributed by atoms with E-state index in [2.05, 4.69) is 0 Å². The van der Waals surface area contributed by atoms with Crippen LogP contribution in [-0.2, 0) is 0 Å². The standard InChI is InChI=1S/C13H13NO2/c1-7(2)11(14)10-12(15)8-5-3-4-6-9(8)13(10)16/h3-7,14-15H,1-2H3. The largest absolute Gasteiger partial charge is 0.506 e. The topological polar surface area (TPSA) is 61.1 Å². The molecule has 0 amide bonds. The summed E-state index contributed by atoms with van der Waals surface area (Å²) in [6.45, 7) is 3.66. The lowest BCUT2D eigenvalue weighted by Gasteiger charge is -2.07. The van der Waals surface area contributed by atoms with E-state index in [1.54, 1.807) is 24.3 Å². The van der Waals surface area contributed by atoms with Crippen LogP contribution in [0.25, 0.3) is 5.76 Å². The van der Waals surface area contributed by atoms with Crippen molar-refractivity contribution < 1.29 is 9.90 Å². The lowest BCUT2D eigenvalue weighted by Crippen LogP contribution is -2.15. The smallest absolute Gasteiger partial charge is 0.199 e. The molecule has 0 radical (unpaired) electrons. The summed E-state index contributed by atoms with van der Waals surface area (Å²) in [6, 6.07) is 6.90. The van der Waals surface area contributed by atoms with E-state index in [0.717, 1.165) is 0 Å². The number of carbonyl (C=O) groups excluding carboxylic acids is 1. The minimum atomic E-state index is -0.244. The summed E-state index contributed by atoms with van der Waals surface area (Å²) in [5.74, 6) is -0.374. The Kier molecular flexibility index (Phi) is 2.38. The molecule has 0 spiro atoms. The Balaban J connectivity index is 2.57. The van der Waals surface area contributed by atoms with E-state index in [1.807, 2.05) is 13.8 Å². The van der Waals surface area contributed by atoms with Gasteiger partial charge in [0.2, 0.25) is 0 Å². The van der Waals surface area contributed by atoms with Crippen molar-refractivity contribution in [1.82, 2.24) is 0 Å². The van der Waals surface area contributed by atoms with Crippen LogP contribution in [0.2, 0.25) is 0 Å². The van der Waals surface area contributed by atoms with Crippen LogP contribution in [0.15, 0.2) is 29.8 Å². The first kappa shape index (κ1) is 10.6. The molecule has 0 bridgehead atoms. The second kappa shape index (κ2) is 3.59. The fraction of sp³-hybridized carbons (Fsp3) is 0.231. The van der Waals surface area contributed by atoms with Gasteiger partial charge in [0.1, 0.15) is 5.76 Å². The van der Waals surface area contributed by atoms with Gasteiger partial charge in [0.05, 0.1) is 5.57 Å². The van der Waals surface area contributed by atoms with Gasteiger partial charge in [-0.1, -0.05) is 38.1 Å². The van der Waals surface area contributed by atoms with Gasteiger partial charge in [-0.15, -0.1) is 0 Å². The van der Waals surface area contributed by atoms with Gasteiger partial charge in [-0.2, -0.15) is 0 Å². The molecule has 0 unspecified atom stereocenters. The van der Waals surface area contributed by atoms with E-state index >= 15 is 0 Å². The van der Waals surface area contributed by atoms with Crippen molar-refractivity contribution in [1.29, 1.82) is 5.41 Å². The summed E-state index contributed by atoms with van der Waals surface area (Å²) in [5.41, 5.74) is 1.36. The van der Waals surface area contributed by atoms with Crippen LogP contribution in [0.4, 0.5) is 0 Å². The molecule has 2 N–H and O–H groups in total. The number of allylic oxidation sites excluding steroid dienone is 1. The summed E-state index contributed by atoms with van der Waals surface area (Å²) in [7, 11) is 0. The van der Waals surface area contributed by atoms with E-state index < -0.39 is 0 Å². The lowest BCUT2D eigenvalue weighted by molar-refractivity contribution is 0.104. The predicted octanol–water partition coefficient (Wildman–Crippen LogP) is 2.83. The van der Waals surface area contributed by atoms with Crippen molar-refractivity contribution in [2.45, 2.75) is 13.8 Å². The number of benzene rings is 1. The second-order valence-electron chi connectivity index (χ2n) is 4.17. The summed E-state index contributed by atoms with van der Waals surface area (Å²) in [4.78, 5) is 12.0. The molecule has 1 aromatic carbocycles. The highest BCUT2D eigenvalue weighted by Gasteiger charge is 2.32. The minimum Gasteiger partial charge on any atom is -0.506 e. The van der Waals surface area contributed by atoms with Gasteiger partial charge in [0.15, 0.2) is 5.78 Å². The highest BCUT2D eigenvalue weighted by molar-refractivity contribution is 6.35. The SMILES string of the molecule is CC(C)C(=N)C1=C(O)c2ccccc2C1=O. The van der Waals surface area contributed by atoms with Gasteiger partial charge in [-0.05, 0) is 5.92 Å². The van der Waals surface area contributed by atoms with Crippen molar-refractivity contribution in [3.8, 4) is 0 Å². The molecule has 0 atom stereocenters. The van der Waals surface area contributed by atoms with Crippen molar-refractivity contribution in [3.63, 3.8) is 0 Å². The Morgan fingerprint density at radius 1 is 1.25 bits per heavy atom. The van der Waals surface area contributed by atoms with Gasteiger partial charge >= 0.3 is 0 Å². The van der Waals surface area contributed by atoms with Gasteiger partial charge in [-0.25, -0.2) is 0 Å². The van der Waals surface area contributed by atoms with Crippen LogP contribution in [0.1, 0.15) is 29.8 Å². The van der Waals surface area contributed by atoms with E-state index in [4.69, 9.17) is 5.41 Å². The number of aliphatic hydroxyl groups excluding tert-OH is 1. The van der Waals surface area contributed by atoms with Crippen LogP contribution in [0.5, 0.6) is 0 Å². The highest BCUT2D eigenvalue weighted by atomic mass is 16.3. The Morgan fingerprint density at radius 2 is 1.81 bits per heavy atom. The molecule has 0 aliphatic heterocycles. The summed E-state index contributed by atoms with van der Waals surface area (Å²) in [5, 5.41) is 17.8. The lowest BCUT2D eigenvalue weighted by atomic mass is 9.97. The fourth-order valence-corrected chi connectivity index (χ4v) is 1.80. The molecule has 1 aromatic rings. The number of aliphatic hydroxyl groups is 1. The quantitative estimate of drug-likeness (QED) is 0.745. The summed E-state index contributed by atoms with van der Waals surface area (Å²) < 4.78 is 0. The number of hydrogen-bond donors (Lipinski definition) is 2. The summed E-state index contributed by atoms with van der Waals surface area (Å²) >= 11 is 0. The average Bonchev–Trinajstić information content (AvgIpc) is 2.52. The zero-order valence-electron chi connectivity index (χ0n) is 9.24. The van der Waals surface area contributed by atoms with E-state index in [-0.39, 0.29) is 28.7 Å². The molecule has 3 heteroatoms. The zero-order chi connectivity index (χ0) is 11.9. The molecule has 0 saturated carbocycles. The average molecular weight is 215 g/mol. The van der Waals surface area contributed by atoms with E-state index in [0.29, 0.717) is 11.1 Å². The number of nitrogens with one attached hydrogen (secondary N) is 1. The van der Waals surface area contributed by atoms with Gasteiger partial charge in [0, 0.05) is 16.8 Å². The maximum atomic E-state index is 12.0. The molecule has 0 heterocycles. The van der Waals surface area contributed by atoms with E-state index in [1.165, 1.54) is 0 Å². The molecule has 0 aromatic heterocycles. The van der Waals surface area contributed by atoms with Gasteiger partial charge in [-0.3, -0.25) is 4.79 Å². The third-order valence-electron chi connectivity index (χ3n) is 2.74. The maximum Gasteiger partial charge on any atom is 0.199 e. The molecule has 16 heavy (non-hydrogen) atoms. The number of Topliss-reactive ketones (excluding diaryl/α,β-unsaturated/α-hetero) is 1. The highest BCUT2D eigenvalue weighted by Crippen LogP contribution is 2.32. The molecular weight excluding hydrogens is 202 g/mol. The minimum absolute atomic E-state index is 0.0562. The van der Waals surface area contributed by atoms with Crippen molar-refractivity contribution >= 4 is 17.3 Å². The summed E-state index contributed by atoms with van der Waals surface area (Å²) in [6.07, 6.45) is 0. The number of hydrogen-bond acceptors (Lipinski definition) is 3. The van der Waals surface area contributed by atoms with Crippen LogP contribution in [0, 0.1) is 11.3 Å². The van der Waals surface area contributed by atoms with Crippen molar-refractivity contribution in [2.24, 2.45) is 5.92 Å². The maximum absolute atomic E-state index is 12.0.